The number of sulfone groups is 2. The highest BCUT2D eigenvalue weighted by Gasteiger charge is 2.34. The Balaban J connectivity index is 2.87. The SMILES string of the molecule is CS(=O)(=O)C1CCS(=O)(=O)C1. The predicted octanol–water partition coefficient (Wildman–Crippen LogP) is -0.782. The minimum absolute atomic E-state index is 0.0186. The van der Waals surface area contributed by atoms with Gasteiger partial charge in [0.25, 0.3) is 0 Å². The Morgan fingerprint density at radius 2 is 1.91 bits per heavy atom. The van der Waals surface area contributed by atoms with E-state index in [1.165, 1.54) is 0 Å². The molecular weight excluding hydrogens is 188 g/mol. The van der Waals surface area contributed by atoms with Gasteiger partial charge in [-0.15, -0.1) is 0 Å². The van der Waals surface area contributed by atoms with Crippen molar-refractivity contribution in [2.45, 2.75) is 11.7 Å². The second-order valence-electron chi connectivity index (χ2n) is 2.85. The zero-order chi connectivity index (χ0) is 8.70. The second kappa shape index (κ2) is 2.45. The lowest BCUT2D eigenvalue weighted by atomic mass is 10.4. The molecule has 0 aromatic rings. The first-order chi connectivity index (χ1) is 4.81. The van der Waals surface area contributed by atoms with Gasteiger partial charge in [0.2, 0.25) is 0 Å². The quantitative estimate of drug-likeness (QED) is 0.554. The molecule has 1 heterocycles. The van der Waals surface area contributed by atoms with Crippen molar-refractivity contribution in [2.75, 3.05) is 17.8 Å². The summed E-state index contributed by atoms with van der Waals surface area (Å²) in [6.45, 7) is 0. The van der Waals surface area contributed by atoms with E-state index in [9.17, 15) is 16.8 Å². The second-order valence-corrected chi connectivity index (χ2v) is 7.41. The maximum absolute atomic E-state index is 10.9. The molecule has 1 unspecified atom stereocenters. The van der Waals surface area contributed by atoms with E-state index in [-0.39, 0.29) is 17.9 Å². The van der Waals surface area contributed by atoms with Gasteiger partial charge in [0, 0.05) is 6.26 Å². The van der Waals surface area contributed by atoms with Gasteiger partial charge >= 0.3 is 0 Å². The third kappa shape index (κ3) is 2.16. The molecule has 0 saturated carbocycles. The van der Waals surface area contributed by atoms with Crippen LogP contribution in [0.5, 0.6) is 0 Å². The molecule has 1 aliphatic rings. The van der Waals surface area contributed by atoms with E-state index < -0.39 is 24.9 Å². The van der Waals surface area contributed by atoms with Crippen molar-refractivity contribution in [3.05, 3.63) is 0 Å². The summed E-state index contributed by atoms with van der Waals surface area (Å²) in [5.74, 6) is -0.170. The predicted molar refractivity (Wildman–Crippen MR) is 41.9 cm³/mol. The fourth-order valence-corrected chi connectivity index (χ4v) is 4.95. The zero-order valence-electron chi connectivity index (χ0n) is 6.15. The van der Waals surface area contributed by atoms with E-state index in [0.717, 1.165) is 6.26 Å². The Kier molecular flexibility index (Phi) is 2.00. The van der Waals surface area contributed by atoms with Crippen molar-refractivity contribution in [1.29, 1.82) is 0 Å². The highest BCUT2D eigenvalue weighted by atomic mass is 32.2. The Morgan fingerprint density at radius 3 is 2.09 bits per heavy atom. The van der Waals surface area contributed by atoms with Gasteiger partial charge in [-0.25, -0.2) is 16.8 Å². The van der Waals surface area contributed by atoms with E-state index in [1.807, 2.05) is 0 Å². The molecule has 1 saturated heterocycles. The van der Waals surface area contributed by atoms with Crippen LogP contribution in [0.15, 0.2) is 0 Å². The van der Waals surface area contributed by atoms with Crippen LogP contribution < -0.4 is 0 Å². The third-order valence-corrected chi connectivity index (χ3v) is 5.39. The van der Waals surface area contributed by atoms with Crippen LogP contribution in [0.1, 0.15) is 6.42 Å². The maximum atomic E-state index is 10.9. The minimum atomic E-state index is -3.15. The number of hydrogen-bond acceptors (Lipinski definition) is 4. The Bertz CT molecular complexity index is 337. The van der Waals surface area contributed by atoms with Crippen molar-refractivity contribution < 1.29 is 16.8 Å². The summed E-state index contributed by atoms with van der Waals surface area (Å²) in [4.78, 5) is 0. The highest BCUT2D eigenvalue weighted by Crippen LogP contribution is 2.17. The first-order valence-corrected chi connectivity index (χ1v) is 6.98. The van der Waals surface area contributed by atoms with Crippen LogP contribution in [0.4, 0.5) is 0 Å². The van der Waals surface area contributed by atoms with Crippen LogP contribution in [-0.4, -0.2) is 39.8 Å². The van der Waals surface area contributed by atoms with Crippen LogP contribution in [0.2, 0.25) is 0 Å². The largest absolute Gasteiger partial charge is 0.229 e. The molecule has 1 rings (SSSR count). The lowest BCUT2D eigenvalue weighted by molar-refractivity contribution is 0.588. The summed E-state index contributed by atoms with van der Waals surface area (Å²) in [6, 6.07) is 0. The summed E-state index contributed by atoms with van der Waals surface area (Å²) in [6.07, 6.45) is 1.35. The van der Waals surface area contributed by atoms with Crippen LogP contribution in [-0.2, 0) is 19.7 Å². The highest BCUT2D eigenvalue weighted by molar-refractivity contribution is 7.96. The Morgan fingerprint density at radius 1 is 1.36 bits per heavy atom. The molecule has 0 N–H and O–H groups in total. The molecule has 11 heavy (non-hydrogen) atoms. The molecule has 0 radical (unpaired) electrons. The van der Waals surface area contributed by atoms with E-state index >= 15 is 0 Å². The molecular formula is C5H10O4S2. The normalized spacial score (nSPS) is 30.5. The Labute approximate surface area is 66.4 Å². The molecule has 0 amide bonds. The average Bonchev–Trinajstić information content (AvgIpc) is 2.07. The third-order valence-electron chi connectivity index (χ3n) is 1.80. The monoisotopic (exact) mass is 198 g/mol. The molecule has 1 atom stereocenters. The lowest BCUT2D eigenvalue weighted by Crippen LogP contribution is -2.20. The van der Waals surface area contributed by atoms with Crippen molar-refractivity contribution in [2.24, 2.45) is 0 Å². The van der Waals surface area contributed by atoms with Crippen molar-refractivity contribution in [3.8, 4) is 0 Å². The topological polar surface area (TPSA) is 68.3 Å². The summed E-state index contributed by atoms with van der Waals surface area (Å²) < 4.78 is 43.4. The summed E-state index contributed by atoms with van der Waals surface area (Å²) in [5.41, 5.74) is 0. The average molecular weight is 198 g/mol. The van der Waals surface area contributed by atoms with E-state index in [4.69, 9.17) is 0 Å². The molecule has 6 heteroatoms. The molecule has 1 fully saturated rings. The van der Waals surface area contributed by atoms with Gasteiger partial charge in [-0.05, 0) is 6.42 Å². The maximum Gasteiger partial charge on any atom is 0.151 e. The molecule has 4 nitrogen and oxygen atoms in total. The summed E-state index contributed by atoms with van der Waals surface area (Å²) in [7, 11) is -6.21. The molecule has 0 spiro atoms. The zero-order valence-corrected chi connectivity index (χ0v) is 7.78. The fraction of sp³-hybridized carbons (Fsp3) is 1.00. The van der Waals surface area contributed by atoms with Gasteiger partial charge in [-0.1, -0.05) is 0 Å². The van der Waals surface area contributed by atoms with Gasteiger partial charge in [0.05, 0.1) is 16.8 Å². The van der Waals surface area contributed by atoms with E-state index in [0.29, 0.717) is 0 Å². The number of hydrogen-bond donors (Lipinski definition) is 0. The standard InChI is InChI=1S/C5H10O4S2/c1-10(6,7)5-2-3-11(8,9)4-5/h5H,2-4H2,1H3. The van der Waals surface area contributed by atoms with Crippen molar-refractivity contribution in [1.82, 2.24) is 0 Å². The van der Waals surface area contributed by atoms with E-state index in [2.05, 4.69) is 0 Å². The van der Waals surface area contributed by atoms with Gasteiger partial charge < -0.3 is 0 Å². The first kappa shape index (κ1) is 8.99. The summed E-state index contributed by atoms with van der Waals surface area (Å²) in [5, 5.41) is -0.660. The first-order valence-electron chi connectivity index (χ1n) is 3.20. The van der Waals surface area contributed by atoms with E-state index in [1.54, 1.807) is 0 Å². The minimum Gasteiger partial charge on any atom is -0.229 e. The molecule has 0 aliphatic carbocycles. The fourth-order valence-electron chi connectivity index (χ4n) is 1.10. The van der Waals surface area contributed by atoms with Crippen molar-refractivity contribution >= 4 is 19.7 Å². The van der Waals surface area contributed by atoms with Gasteiger partial charge in [0.15, 0.2) is 19.7 Å². The number of rotatable bonds is 1. The molecule has 0 aromatic heterocycles. The van der Waals surface area contributed by atoms with Crippen LogP contribution in [0, 0.1) is 0 Å². The van der Waals surface area contributed by atoms with Crippen LogP contribution >= 0.6 is 0 Å². The van der Waals surface area contributed by atoms with Crippen molar-refractivity contribution in [3.63, 3.8) is 0 Å². The molecule has 66 valence electrons. The molecule has 1 aliphatic heterocycles. The lowest BCUT2D eigenvalue weighted by Gasteiger charge is -2.01. The molecule has 0 bridgehead atoms. The van der Waals surface area contributed by atoms with Crippen LogP contribution in [0.3, 0.4) is 0 Å². The smallest absolute Gasteiger partial charge is 0.151 e. The van der Waals surface area contributed by atoms with Gasteiger partial charge in [-0.3, -0.25) is 0 Å². The Hall–Kier alpha value is -0.100. The van der Waals surface area contributed by atoms with Crippen LogP contribution in [0.25, 0.3) is 0 Å². The van der Waals surface area contributed by atoms with Gasteiger partial charge in [-0.2, -0.15) is 0 Å². The van der Waals surface area contributed by atoms with Gasteiger partial charge in [0.1, 0.15) is 0 Å². The molecule has 0 aromatic carbocycles. The summed E-state index contributed by atoms with van der Waals surface area (Å²) >= 11 is 0.